The highest BCUT2D eigenvalue weighted by molar-refractivity contribution is 7.47. The Labute approximate surface area is 343 Å². The van der Waals surface area contributed by atoms with Crippen LogP contribution in [0.5, 0.6) is 0 Å². The molecule has 1 saturated carbocycles. The van der Waals surface area contributed by atoms with E-state index in [1.807, 2.05) is 0 Å². The molecule has 57 heavy (non-hydrogen) atoms. The van der Waals surface area contributed by atoms with E-state index >= 15 is 0 Å². The maximum Gasteiger partial charge on any atom is 0.472 e. The van der Waals surface area contributed by atoms with E-state index in [2.05, 4.69) is 38.2 Å². The van der Waals surface area contributed by atoms with Crippen LogP contribution in [-0.4, -0.2) is 98.3 Å². The normalized spacial score (nSPS) is 22.9. The first kappa shape index (κ1) is 53.3. The predicted molar refractivity (Wildman–Crippen MR) is 221 cm³/mol. The number of unbranched alkanes of at least 4 members (excludes halogenated alkanes) is 20. The zero-order chi connectivity index (χ0) is 42.2. The number of hydrogen-bond donors (Lipinski definition) is 6. The Morgan fingerprint density at radius 3 is 1.46 bits per heavy atom. The number of carbonyl (C=O) groups excluding carboxylic acids is 2. The minimum absolute atomic E-state index is 0.0981. The Morgan fingerprint density at radius 2 is 0.947 bits per heavy atom. The SMILES string of the molecule is CCCCC/C=C\C/C=C\CCCCCCCCCC(=O)OC[C@H](COP(=O)(O)OC1C(O)C(O)C(O)[C@@H](O)C1O)OC(=O)CCCCCCCCCCCCC. The first-order chi connectivity index (χ1) is 27.4. The van der Waals surface area contributed by atoms with Gasteiger partial charge in [0.25, 0.3) is 0 Å². The average Bonchev–Trinajstić information content (AvgIpc) is 3.19. The summed E-state index contributed by atoms with van der Waals surface area (Å²) in [6.07, 6.45) is 22.4. The summed E-state index contributed by atoms with van der Waals surface area (Å²) in [5.41, 5.74) is 0. The molecule has 0 spiro atoms. The third-order valence-corrected chi connectivity index (χ3v) is 11.3. The summed E-state index contributed by atoms with van der Waals surface area (Å²) in [7, 11) is -5.11. The van der Waals surface area contributed by atoms with Crippen LogP contribution in [0.2, 0.25) is 0 Å². The van der Waals surface area contributed by atoms with Gasteiger partial charge in [-0.15, -0.1) is 0 Å². The quantitative estimate of drug-likeness (QED) is 0.0153. The highest BCUT2D eigenvalue weighted by Gasteiger charge is 2.51. The molecule has 1 fully saturated rings. The topological polar surface area (TPSA) is 210 Å². The van der Waals surface area contributed by atoms with Crippen molar-refractivity contribution < 1.29 is 63.1 Å². The van der Waals surface area contributed by atoms with Gasteiger partial charge in [0.05, 0.1) is 6.61 Å². The van der Waals surface area contributed by atoms with Crippen LogP contribution in [0, 0.1) is 0 Å². The van der Waals surface area contributed by atoms with Gasteiger partial charge in [0.15, 0.2) is 6.10 Å². The molecular weight excluding hydrogens is 755 g/mol. The molecule has 1 aliphatic carbocycles. The minimum atomic E-state index is -5.11. The van der Waals surface area contributed by atoms with E-state index in [0.29, 0.717) is 12.8 Å². The second-order valence-corrected chi connectivity index (χ2v) is 17.0. The molecule has 8 atom stereocenters. The van der Waals surface area contributed by atoms with Gasteiger partial charge >= 0.3 is 19.8 Å². The standard InChI is InChI=1S/C43H79O13P/c1-3-5-7-9-11-13-15-16-17-18-19-20-22-23-25-27-29-31-36(44)53-33-35(55-37(45)32-30-28-26-24-21-14-12-10-8-6-4-2)34-54-57(51,52)56-43-41(49)39(47)38(46)40(48)42(43)50/h11,13,16-17,35,38-43,46-50H,3-10,12,14-15,18-34H2,1-2H3,(H,51,52)/b13-11-,17-16-/t35-,38?,39-,40?,41?,42?,43?/m1/s1. The van der Waals surface area contributed by atoms with E-state index in [-0.39, 0.29) is 12.8 Å². The predicted octanol–water partition coefficient (Wildman–Crippen LogP) is 8.06. The molecule has 0 bridgehead atoms. The Bertz CT molecular complexity index is 1100. The van der Waals surface area contributed by atoms with Crippen LogP contribution in [0.15, 0.2) is 24.3 Å². The molecule has 0 radical (unpaired) electrons. The Hall–Kier alpha value is -1.67. The summed E-state index contributed by atoms with van der Waals surface area (Å²) in [6.45, 7) is 3.25. The molecule has 0 heterocycles. The molecule has 0 aliphatic heterocycles. The number of esters is 2. The van der Waals surface area contributed by atoms with Crippen LogP contribution in [-0.2, 0) is 32.7 Å². The molecule has 334 valence electrons. The van der Waals surface area contributed by atoms with Gasteiger partial charge in [-0.25, -0.2) is 4.57 Å². The highest BCUT2D eigenvalue weighted by Crippen LogP contribution is 2.47. The van der Waals surface area contributed by atoms with Gasteiger partial charge in [0, 0.05) is 12.8 Å². The number of phosphoric acid groups is 1. The average molecular weight is 835 g/mol. The first-order valence-corrected chi connectivity index (χ1v) is 23.6. The lowest BCUT2D eigenvalue weighted by Gasteiger charge is -2.41. The number of allylic oxidation sites excluding steroid dienone is 4. The lowest BCUT2D eigenvalue weighted by molar-refractivity contribution is -0.220. The van der Waals surface area contributed by atoms with E-state index in [1.54, 1.807) is 0 Å². The second-order valence-electron chi connectivity index (χ2n) is 15.6. The molecule has 0 amide bonds. The summed E-state index contributed by atoms with van der Waals surface area (Å²) in [5.74, 6) is -1.11. The molecule has 0 aromatic heterocycles. The minimum Gasteiger partial charge on any atom is -0.462 e. The molecule has 14 heteroatoms. The third kappa shape index (κ3) is 26.9. The van der Waals surface area contributed by atoms with E-state index in [1.165, 1.54) is 70.6 Å². The van der Waals surface area contributed by atoms with Gasteiger partial charge < -0.3 is 39.9 Å². The number of hydrogen-bond acceptors (Lipinski definition) is 12. The van der Waals surface area contributed by atoms with Gasteiger partial charge in [-0.2, -0.15) is 0 Å². The van der Waals surface area contributed by atoms with Crippen LogP contribution in [0.3, 0.4) is 0 Å². The molecule has 1 rings (SSSR count). The molecule has 1 aliphatic rings. The Kier molecular flexibility index (Phi) is 31.9. The zero-order valence-corrected chi connectivity index (χ0v) is 36.0. The van der Waals surface area contributed by atoms with E-state index in [4.69, 9.17) is 18.5 Å². The lowest BCUT2D eigenvalue weighted by Crippen LogP contribution is -2.64. The number of aliphatic hydroxyl groups excluding tert-OH is 5. The zero-order valence-electron chi connectivity index (χ0n) is 35.1. The molecule has 6 unspecified atom stereocenters. The number of aliphatic hydroxyl groups is 5. The number of ether oxygens (including phenoxy) is 2. The van der Waals surface area contributed by atoms with Crippen LogP contribution in [0.4, 0.5) is 0 Å². The maximum atomic E-state index is 12.8. The first-order valence-electron chi connectivity index (χ1n) is 22.1. The summed E-state index contributed by atoms with van der Waals surface area (Å²) in [4.78, 5) is 35.6. The summed E-state index contributed by atoms with van der Waals surface area (Å²) < 4.78 is 33.4. The van der Waals surface area contributed by atoms with Crippen molar-refractivity contribution in [2.45, 2.75) is 224 Å². The van der Waals surface area contributed by atoms with Crippen molar-refractivity contribution >= 4 is 19.8 Å². The van der Waals surface area contributed by atoms with Crippen LogP contribution in [0.1, 0.15) is 181 Å². The van der Waals surface area contributed by atoms with Crippen molar-refractivity contribution in [2.75, 3.05) is 13.2 Å². The largest absolute Gasteiger partial charge is 0.472 e. The van der Waals surface area contributed by atoms with Crippen molar-refractivity contribution in [2.24, 2.45) is 0 Å². The van der Waals surface area contributed by atoms with Crippen LogP contribution in [0.25, 0.3) is 0 Å². The van der Waals surface area contributed by atoms with E-state index in [9.17, 15) is 44.6 Å². The van der Waals surface area contributed by atoms with Crippen molar-refractivity contribution in [3.63, 3.8) is 0 Å². The van der Waals surface area contributed by atoms with Gasteiger partial charge in [0.2, 0.25) is 0 Å². The summed E-state index contributed by atoms with van der Waals surface area (Å²) in [5, 5.41) is 50.0. The Balaban J connectivity index is 2.46. The van der Waals surface area contributed by atoms with Gasteiger partial charge in [-0.05, 0) is 44.9 Å². The molecular formula is C43H79O13P. The molecule has 0 saturated heterocycles. The van der Waals surface area contributed by atoms with Crippen molar-refractivity contribution in [3.8, 4) is 0 Å². The highest BCUT2D eigenvalue weighted by atomic mass is 31.2. The Morgan fingerprint density at radius 1 is 0.544 bits per heavy atom. The monoisotopic (exact) mass is 835 g/mol. The molecule has 0 aromatic carbocycles. The van der Waals surface area contributed by atoms with Crippen LogP contribution < -0.4 is 0 Å². The van der Waals surface area contributed by atoms with E-state index in [0.717, 1.165) is 70.6 Å². The van der Waals surface area contributed by atoms with Crippen molar-refractivity contribution in [3.05, 3.63) is 24.3 Å². The van der Waals surface area contributed by atoms with Gasteiger partial charge in [-0.3, -0.25) is 18.6 Å². The second kappa shape index (κ2) is 34.1. The van der Waals surface area contributed by atoms with Crippen LogP contribution >= 0.6 is 7.82 Å². The van der Waals surface area contributed by atoms with Crippen molar-refractivity contribution in [1.82, 2.24) is 0 Å². The molecule has 13 nitrogen and oxygen atoms in total. The number of rotatable bonds is 36. The fraction of sp³-hybridized carbons (Fsp3) is 0.860. The third-order valence-electron chi connectivity index (χ3n) is 10.3. The van der Waals surface area contributed by atoms with Gasteiger partial charge in [0.1, 0.15) is 43.2 Å². The summed E-state index contributed by atoms with van der Waals surface area (Å²) >= 11 is 0. The fourth-order valence-corrected chi connectivity index (χ4v) is 7.64. The maximum absolute atomic E-state index is 12.8. The van der Waals surface area contributed by atoms with E-state index < -0.39 is 75.7 Å². The lowest BCUT2D eigenvalue weighted by atomic mass is 9.85. The van der Waals surface area contributed by atoms with Crippen molar-refractivity contribution in [1.29, 1.82) is 0 Å². The summed E-state index contributed by atoms with van der Waals surface area (Å²) in [6, 6.07) is 0. The molecule has 0 aromatic rings. The number of phosphoric ester groups is 1. The van der Waals surface area contributed by atoms with Gasteiger partial charge in [-0.1, -0.05) is 147 Å². The molecule has 6 N–H and O–H groups in total. The smallest absolute Gasteiger partial charge is 0.462 e. The number of carbonyl (C=O) groups is 2. The fourth-order valence-electron chi connectivity index (χ4n) is 6.67.